The second-order valence-corrected chi connectivity index (χ2v) is 17.7. The summed E-state index contributed by atoms with van der Waals surface area (Å²) in [4.78, 5) is 0. The summed E-state index contributed by atoms with van der Waals surface area (Å²) >= 11 is -0.826. The zero-order chi connectivity index (χ0) is 26.8. The van der Waals surface area contributed by atoms with Gasteiger partial charge in [-0.2, -0.15) is 0 Å². The molecular formula is C34H66Cl2Zr. The summed E-state index contributed by atoms with van der Waals surface area (Å²) in [5.41, 5.74) is 0. The Hall–Kier alpha value is 1.46. The van der Waals surface area contributed by atoms with E-state index in [-0.39, 0.29) is 14.9 Å². The zero-order valence-electron chi connectivity index (χ0n) is 27.3. The summed E-state index contributed by atoms with van der Waals surface area (Å²) < 4.78 is 0. The second-order valence-electron chi connectivity index (χ2n) is 14.0. The van der Waals surface area contributed by atoms with Crippen LogP contribution in [0.15, 0.2) is 0 Å². The molecule has 16 unspecified atom stereocenters. The van der Waals surface area contributed by atoms with Crippen molar-refractivity contribution in [1.82, 2.24) is 0 Å². The van der Waals surface area contributed by atoms with Gasteiger partial charge in [0.2, 0.25) is 0 Å². The van der Waals surface area contributed by atoms with Crippen LogP contribution in [0.4, 0.5) is 0 Å². The molecule has 0 bridgehead atoms. The Morgan fingerprint density at radius 2 is 0.730 bits per heavy atom. The van der Waals surface area contributed by atoms with E-state index in [9.17, 15) is 0 Å². The van der Waals surface area contributed by atoms with Gasteiger partial charge in [0.25, 0.3) is 0 Å². The van der Waals surface area contributed by atoms with Gasteiger partial charge in [0.15, 0.2) is 0 Å². The van der Waals surface area contributed by atoms with Crippen LogP contribution >= 0.6 is 17.0 Å². The number of hydrogen-bond donors (Lipinski definition) is 0. The fraction of sp³-hybridized carbons (Fsp3) is 0.941. The molecule has 0 aromatic carbocycles. The molecule has 0 N–H and O–H groups in total. The molecule has 0 spiro atoms. The first-order valence-electron chi connectivity index (χ1n) is 15.3. The van der Waals surface area contributed by atoms with Crippen LogP contribution < -0.4 is 0 Å². The van der Waals surface area contributed by atoms with Crippen LogP contribution in [0.1, 0.15) is 109 Å². The van der Waals surface area contributed by atoms with Crippen molar-refractivity contribution < 1.29 is 20.8 Å². The zero-order valence-corrected chi connectivity index (χ0v) is 31.3. The van der Waals surface area contributed by atoms with E-state index in [0.29, 0.717) is 0 Å². The molecule has 0 aromatic heterocycles. The number of hydrogen-bond acceptors (Lipinski definition) is 0. The van der Waals surface area contributed by atoms with Gasteiger partial charge in [0.05, 0.1) is 0 Å². The van der Waals surface area contributed by atoms with Crippen molar-refractivity contribution in [2.45, 2.75) is 109 Å². The van der Waals surface area contributed by atoms with Crippen molar-refractivity contribution in [1.29, 1.82) is 0 Å². The standard InChI is InChI=1S/2C16H30.2CH3.2ClH.Zr/c2*1-7-14-9(2)8-15-12(5)10(3)11(4)13(6)16(14)15;;;;;/h2*9-16H,7-8H2,1-6H3;2*1H3;2*1H;/q;;2*-1;;;+4/p-2. The van der Waals surface area contributed by atoms with Gasteiger partial charge < -0.3 is 14.9 Å². The molecule has 0 aliphatic heterocycles. The van der Waals surface area contributed by atoms with Crippen LogP contribution in [-0.4, -0.2) is 0 Å². The van der Waals surface area contributed by atoms with Gasteiger partial charge in [0.1, 0.15) is 0 Å². The van der Waals surface area contributed by atoms with Crippen LogP contribution in [-0.2, 0) is 20.8 Å². The summed E-state index contributed by atoms with van der Waals surface area (Å²) in [6.07, 6.45) is 5.82. The molecule has 4 fully saturated rings. The molecule has 4 aliphatic rings. The Morgan fingerprint density at radius 3 is 0.973 bits per heavy atom. The predicted molar refractivity (Wildman–Crippen MR) is 167 cm³/mol. The average Bonchev–Trinajstić information content (AvgIpc) is 3.35. The number of rotatable bonds is 2. The quantitative estimate of drug-likeness (QED) is 0.265. The predicted octanol–water partition coefficient (Wildman–Crippen LogP) is 12.0. The van der Waals surface area contributed by atoms with Crippen molar-refractivity contribution >= 4 is 17.0 Å². The first kappa shape index (κ1) is 38.5. The van der Waals surface area contributed by atoms with Gasteiger partial charge in [-0.15, -0.1) is 0 Å². The van der Waals surface area contributed by atoms with Crippen LogP contribution in [0.5, 0.6) is 0 Å². The third kappa shape index (κ3) is 7.85. The monoisotopic (exact) mass is 634 g/mol. The Balaban J connectivity index is 0.000000604. The molecule has 0 saturated heterocycles. The summed E-state index contributed by atoms with van der Waals surface area (Å²) in [6.45, 7) is 29.9. The molecule has 37 heavy (non-hydrogen) atoms. The number of halogens is 2. The molecule has 0 amide bonds. The van der Waals surface area contributed by atoms with E-state index in [0.717, 1.165) is 94.7 Å². The number of fused-ring (bicyclic) bond motifs is 2. The normalized spacial score (nSPS) is 49.9. The van der Waals surface area contributed by atoms with E-state index in [1.165, 1.54) is 25.7 Å². The van der Waals surface area contributed by atoms with Gasteiger partial charge in [-0.3, -0.25) is 0 Å². The van der Waals surface area contributed by atoms with Crippen LogP contribution in [0.25, 0.3) is 0 Å². The Bertz CT molecular complexity index is 573. The van der Waals surface area contributed by atoms with E-state index in [4.69, 9.17) is 17.0 Å². The molecule has 220 valence electrons. The van der Waals surface area contributed by atoms with E-state index < -0.39 is 20.8 Å². The SMILES string of the molecule is CCC1C(C)CC2C(C)C(C)C(C)C(C)C12.CCC1C(C)CC2C(C)C(C)C(C)C(C)C12.[CH3-].[CH3-].[Cl][Zr+2][Cl]. The van der Waals surface area contributed by atoms with E-state index in [1.54, 1.807) is 0 Å². The Kier molecular flexibility index (Phi) is 17.5. The fourth-order valence-electron chi connectivity index (χ4n) is 10.4. The maximum atomic E-state index is 4.93. The Labute approximate surface area is 254 Å². The molecule has 4 aliphatic carbocycles. The molecule has 0 nitrogen and oxygen atoms in total. The van der Waals surface area contributed by atoms with Crippen molar-refractivity contribution in [3.8, 4) is 0 Å². The maximum absolute atomic E-state index is 4.93. The van der Waals surface area contributed by atoms with Crippen LogP contribution in [0.3, 0.4) is 0 Å². The molecule has 4 saturated carbocycles. The Morgan fingerprint density at radius 1 is 0.486 bits per heavy atom. The first-order chi connectivity index (χ1) is 16.4. The van der Waals surface area contributed by atoms with Crippen molar-refractivity contribution in [3.63, 3.8) is 0 Å². The van der Waals surface area contributed by atoms with Crippen molar-refractivity contribution in [2.75, 3.05) is 0 Å². The van der Waals surface area contributed by atoms with Crippen molar-refractivity contribution in [2.24, 2.45) is 94.7 Å². The van der Waals surface area contributed by atoms with Gasteiger partial charge in [-0.25, -0.2) is 0 Å². The van der Waals surface area contributed by atoms with Gasteiger partial charge in [-0.1, -0.05) is 95.9 Å². The molecular weight excluding hydrogens is 571 g/mol. The molecule has 4 rings (SSSR count). The fourth-order valence-corrected chi connectivity index (χ4v) is 10.4. The summed E-state index contributed by atoms with van der Waals surface area (Å²) in [7, 11) is 9.87. The topological polar surface area (TPSA) is 0 Å². The first-order valence-corrected chi connectivity index (χ1v) is 21.7. The van der Waals surface area contributed by atoms with Gasteiger partial charge >= 0.3 is 37.9 Å². The molecule has 16 atom stereocenters. The van der Waals surface area contributed by atoms with E-state index in [2.05, 4.69) is 83.1 Å². The summed E-state index contributed by atoms with van der Waals surface area (Å²) in [5.74, 6) is 15.6. The van der Waals surface area contributed by atoms with E-state index in [1.807, 2.05) is 0 Å². The van der Waals surface area contributed by atoms with E-state index >= 15 is 0 Å². The summed E-state index contributed by atoms with van der Waals surface area (Å²) in [5, 5.41) is 0. The minimum atomic E-state index is -0.826. The second kappa shape index (κ2) is 16.8. The van der Waals surface area contributed by atoms with Gasteiger partial charge in [0, 0.05) is 0 Å². The third-order valence-electron chi connectivity index (χ3n) is 13.2. The van der Waals surface area contributed by atoms with Gasteiger partial charge in [-0.05, 0) is 108 Å². The molecule has 3 heteroatoms. The average molecular weight is 637 g/mol. The summed E-state index contributed by atoms with van der Waals surface area (Å²) in [6, 6.07) is 0. The molecule has 0 radical (unpaired) electrons. The molecule has 0 aromatic rings. The van der Waals surface area contributed by atoms with Crippen LogP contribution in [0.2, 0.25) is 0 Å². The van der Waals surface area contributed by atoms with Crippen molar-refractivity contribution in [3.05, 3.63) is 14.9 Å². The minimum absolute atomic E-state index is 0. The molecule has 0 heterocycles. The van der Waals surface area contributed by atoms with Crippen LogP contribution in [0, 0.1) is 110 Å². The third-order valence-corrected chi connectivity index (χ3v) is 13.2.